The van der Waals surface area contributed by atoms with Crippen LogP contribution in [0.4, 0.5) is 0 Å². The zero-order valence-electron chi connectivity index (χ0n) is 10.5. The van der Waals surface area contributed by atoms with Crippen LogP contribution in [0, 0.1) is 0 Å². The van der Waals surface area contributed by atoms with Crippen LogP contribution < -0.4 is 5.73 Å². The fraction of sp³-hybridized carbons (Fsp3) is 0.571. The smallest absolute Gasteiger partial charge is 0.0631 e. The van der Waals surface area contributed by atoms with Crippen molar-refractivity contribution in [1.29, 1.82) is 0 Å². The van der Waals surface area contributed by atoms with Crippen molar-refractivity contribution in [2.24, 2.45) is 5.73 Å². The molecule has 2 heteroatoms. The maximum atomic E-state index is 9.78. The van der Waals surface area contributed by atoms with Gasteiger partial charge in [-0.15, -0.1) is 0 Å². The lowest BCUT2D eigenvalue weighted by atomic mass is 9.92. The van der Waals surface area contributed by atoms with Gasteiger partial charge in [0.15, 0.2) is 0 Å². The number of benzene rings is 1. The topological polar surface area (TPSA) is 46.2 Å². The summed E-state index contributed by atoms with van der Waals surface area (Å²) in [6, 6.07) is 8.44. The molecule has 1 aromatic carbocycles. The molecule has 2 nitrogen and oxygen atoms in total. The Bertz CT molecular complexity index is 328. The van der Waals surface area contributed by atoms with Gasteiger partial charge in [0.25, 0.3) is 0 Å². The Balaban J connectivity index is 2.78. The first-order valence-electron chi connectivity index (χ1n) is 5.93. The lowest BCUT2D eigenvalue weighted by molar-refractivity contribution is 0.0810. The van der Waals surface area contributed by atoms with Crippen molar-refractivity contribution in [1.82, 2.24) is 0 Å². The lowest BCUT2D eigenvalue weighted by Gasteiger charge is -2.18. The quantitative estimate of drug-likeness (QED) is 0.802. The van der Waals surface area contributed by atoms with Crippen LogP contribution in [-0.4, -0.2) is 17.3 Å². The van der Waals surface area contributed by atoms with Crippen LogP contribution >= 0.6 is 0 Å². The Morgan fingerprint density at radius 3 is 2.62 bits per heavy atom. The van der Waals surface area contributed by atoms with Gasteiger partial charge in [-0.1, -0.05) is 31.2 Å². The molecule has 1 aromatic rings. The van der Waals surface area contributed by atoms with E-state index in [1.165, 1.54) is 11.1 Å². The van der Waals surface area contributed by atoms with Crippen molar-refractivity contribution in [3.8, 4) is 0 Å². The van der Waals surface area contributed by atoms with Gasteiger partial charge in [0.05, 0.1) is 5.60 Å². The molecule has 90 valence electrons. The maximum absolute atomic E-state index is 9.78. The lowest BCUT2D eigenvalue weighted by Crippen LogP contribution is -2.21. The average molecular weight is 221 g/mol. The summed E-state index contributed by atoms with van der Waals surface area (Å²) < 4.78 is 0. The van der Waals surface area contributed by atoms with Gasteiger partial charge in [-0.2, -0.15) is 0 Å². The van der Waals surface area contributed by atoms with Crippen LogP contribution in [0.2, 0.25) is 0 Å². The summed E-state index contributed by atoms with van der Waals surface area (Å²) in [7, 11) is 0. The Hall–Kier alpha value is -0.860. The van der Waals surface area contributed by atoms with E-state index < -0.39 is 5.60 Å². The largest absolute Gasteiger partial charge is 0.390 e. The first-order chi connectivity index (χ1) is 7.42. The normalized spacial score (nSPS) is 13.8. The molecule has 16 heavy (non-hydrogen) atoms. The van der Waals surface area contributed by atoms with Crippen LogP contribution in [-0.2, 0) is 6.42 Å². The van der Waals surface area contributed by atoms with Crippen LogP contribution in [0.15, 0.2) is 24.3 Å². The van der Waals surface area contributed by atoms with Crippen molar-refractivity contribution in [3.05, 3.63) is 35.4 Å². The molecule has 0 saturated heterocycles. The van der Waals surface area contributed by atoms with Crippen molar-refractivity contribution >= 4 is 0 Å². The molecule has 0 saturated carbocycles. The fourth-order valence-corrected chi connectivity index (χ4v) is 1.93. The molecule has 3 N–H and O–H groups in total. The molecule has 0 bridgehead atoms. The third kappa shape index (κ3) is 4.33. The molecule has 0 fully saturated rings. The summed E-state index contributed by atoms with van der Waals surface area (Å²) in [6.07, 6.45) is 1.70. The van der Waals surface area contributed by atoms with E-state index in [-0.39, 0.29) is 0 Å². The summed E-state index contributed by atoms with van der Waals surface area (Å²) in [4.78, 5) is 0. The number of nitrogens with two attached hydrogens (primary N) is 1. The van der Waals surface area contributed by atoms with Gasteiger partial charge in [-0.3, -0.25) is 0 Å². The summed E-state index contributed by atoms with van der Waals surface area (Å²) in [5.74, 6) is 0.492. The summed E-state index contributed by atoms with van der Waals surface area (Å²) >= 11 is 0. The Labute approximate surface area is 98.5 Å². The van der Waals surface area contributed by atoms with Crippen LogP contribution in [0.5, 0.6) is 0 Å². The van der Waals surface area contributed by atoms with Gasteiger partial charge in [-0.05, 0) is 43.9 Å². The number of hydrogen-bond acceptors (Lipinski definition) is 2. The van der Waals surface area contributed by atoms with Crippen molar-refractivity contribution in [3.63, 3.8) is 0 Å². The molecular formula is C14H23NO. The first kappa shape index (κ1) is 13.2. The van der Waals surface area contributed by atoms with E-state index in [0.29, 0.717) is 12.3 Å². The molecule has 0 aliphatic rings. The molecule has 1 rings (SSSR count). The second kappa shape index (κ2) is 5.46. The Morgan fingerprint density at radius 2 is 2.06 bits per heavy atom. The van der Waals surface area contributed by atoms with E-state index in [1.54, 1.807) is 0 Å². The molecule has 0 aromatic heterocycles. The Morgan fingerprint density at radius 1 is 1.38 bits per heavy atom. The molecule has 1 atom stereocenters. The molecule has 1 unspecified atom stereocenters. The van der Waals surface area contributed by atoms with E-state index in [1.807, 2.05) is 13.8 Å². The second-order valence-electron chi connectivity index (χ2n) is 5.21. The van der Waals surface area contributed by atoms with Gasteiger partial charge < -0.3 is 10.8 Å². The summed E-state index contributed by atoms with van der Waals surface area (Å²) in [5.41, 5.74) is 7.42. The number of aliphatic hydroxyl groups is 1. The van der Waals surface area contributed by atoms with Gasteiger partial charge in [-0.25, -0.2) is 0 Å². The summed E-state index contributed by atoms with van der Waals surface area (Å²) in [6.45, 7) is 6.58. The number of rotatable bonds is 5. The minimum atomic E-state index is -0.643. The van der Waals surface area contributed by atoms with Crippen molar-refractivity contribution in [2.45, 2.75) is 45.1 Å². The van der Waals surface area contributed by atoms with Crippen molar-refractivity contribution < 1.29 is 5.11 Å². The van der Waals surface area contributed by atoms with Crippen LogP contribution in [0.25, 0.3) is 0 Å². The fourth-order valence-electron chi connectivity index (χ4n) is 1.93. The van der Waals surface area contributed by atoms with E-state index in [2.05, 4.69) is 31.2 Å². The van der Waals surface area contributed by atoms with Gasteiger partial charge in [0.2, 0.25) is 0 Å². The first-order valence-corrected chi connectivity index (χ1v) is 5.93. The highest BCUT2D eigenvalue weighted by atomic mass is 16.3. The van der Waals surface area contributed by atoms with Gasteiger partial charge >= 0.3 is 0 Å². The highest BCUT2D eigenvalue weighted by Crippen LogP contribution is 2.21. The average Bonchev–Trinajstić information content (AvgIpc) is 2.16. The highest BCUT2D eigenvalue weighted by Gasteiger charge is 2.14. The van der Waals surface area contributed by atoms with E-state index in [4.69, 9.17) is 5.73 Å². The standard InChI is InChI=1S/C14H23NO/c1-11(7-8-15)13-6-4-5-12(9-13)10-14(2,3)16/h4-6,9,11,16H,7-8,10,15H2,1-3H3. The van der Waals surface area contributed by atoms with Crippen LogP contribution in [0.3, 0.4) is 0 Å². The molecule has 0 radical (unpaired) electrons. The van der Waals surface area contributed by atoms with Gasteiger partial charge in [0, 0.05) is 6.42 Å². The van der Waals surface area contributed by atoms with Gasteiger partial charge in [0.1, 0.15) is 0 Å². The zero-order valence-corrected chi connectivity index (χ0v) is 10.5. The molecule has 0 aliphatic carbocycles. The highest BCUT2D eigenvalue weighted by molar-refractivity contribution is 5.27. The molecular weight excluding hydrogens is 198 g/mol. The third-order valence-electron chi connectivity index (χ3n) is 2.76. The van der Waals surface area contributed by atoms with E-state index >= 15 is 0 Å². The monoisotopic (exact) mass is 221 g/mol. The number of hydrogen-bond donors (Lipinski definition) is 2. The zero-order chi connectivity index (χ0) is 12.2. The molecule has 0 heterocycles. The maximum Gasteiger partial charge on any atom is 0.0631 e. The molecule has 0 aliphatic heterocycles. The predicted molar refractivity (Wildman–Crippen MR) is 68.5 cm³/mol. The molecule has 0 spiro atoms. The third-order valence-corrected chi connectivity index (χ3v) is 2.76. The predicted octanol–water partition coefficient (Wildman–Crippen LogP) is 2.45. The minimum absolute atomic E-state index is 0.492. The molecule has 0 amide bonds. The SMILES string of the molecule is CC(CCN)c1cccc(CC(C)(C)O)c1. The van der Waals surface area contributed by atoms with Crippen LogP contribution in [0.1, 0.15) is 44.2 Å². The Kier molecular flexibility index (Phi) is 4.51. The second-order valence-corrected chi connectivity index (χ2v) is 5.21. The van der Waals surface area contributed by atoms with E-state index in [0.717, 1.165) is 13.0 Å². The van der Waals surface area contributed by atoms with E-state index in [9.17, 15) is 5.11 Å². The van der Waals surface area contributed by atoms with Crippen molar-refractivity contribution in [2.75, 3.05) is 6.54 Å². The summed E-state index contributed by atoms with van der Waals surface area (Å²) in [5, 5.41) is 9.78. The minimum Gasteiger partial charge on any atom is -0.390 e.